The van der Waals surface area contributed by atoms with Crippen molar-refractivity contribution in [2.75, 3.05) is 13.2 Å². The molecule has 0 saturated carbocycles. The van der Waals surface area contributed by atoms with Crippen molar-refractivity contribution in [3.63, 3.8) is 0 Å². The molecule has 0 bridgehead atoms. The molecule has 4 nitrogen and oxygen atoms in total. The van der Waals surface area contributed by atoms with Crippen LogP contribution in [0, 0.1) is 0 Å². The number of rotatable bonds is 13. The molecular formula is C21H43NO3. The summed E-state index contributed by atoms with van der Waals surface area (Å²) in [4.78, 5) is 0. The Morgan fingerprint density at radius 3 is 1.60 bits per heavy atom. The number of hydroxylamine groups is 2. The minimum absolute atomic E-state index is 0.219. The average Bonchev–Trinajstić information content (AvgIpc) is 2.53. The van der Waals surface area contributed by atoms with Crippen molar-refractivity contribution in [3.05, 3.63) is 0 Å². The molecule has 1 rings (SSSR count). The number of nitrogens with zero attached hydrogens (tertiary/aromatic N) is 1. The first-order chi connectivity index (χ1) is 11.8. The molecule has 1 saturated heterocycles. The zero-order chi connectivity index (χ0) is 18.8. The average molecular weight is 358 g/mol. The van der Waals surface area contributed by atoms with E-state index in [-0.39, 0.29) is 17.2 Å². The first-order valence-electron chi connectivity index (χ1n) is 10.5. The van der Waals surface area contributed by atoms with Crippen LogP contribution in [0.3, 0.4) is 0 Å². The lowest BCUT2D eigenvalue weighted by molar-refractivity contribution is -0.261. The van der Waals surface area contributed by atoms with Crippen molar-refractivity contribution >= 4 is 0 Å². The number of ether oxygens (including phenoxy) is 1. The van der Waals surface area contributed by atoms with Crippen molar-refractivity contribution in [1.29, 1.82) is 0 Å². The van der Waals surface area contributed by atoms with Gasteiger partial charge in [0.15, 0.2) is 0 Å². The molecule has 1 fully saturated rings. The summed E-state index contributed by atoms with van der Waals surface area (Å²) in [5, 5.41) is 20.6. The monoisotopic (exact) mass is 357 g/mol. The van der Waals surface area contributed by atoms with Gasteiger partial charge in [0.2, 0.25) is 0 Å². The fourth-order valence-corrected chi connectivity index (χ4v) is 4.17. The summed E-state index contributed by atoms with van der Waals surface area (Å²) in [6.07, 6.45) is 14.5. The molecule has 25 heavy (non-hydrogen) atoms. The quantitative estimate of drug-likeness (QED) is 0.439. The maximum Gasteiger partial charge on any atom is 0.0611 e. The molecule has 0 spiro atoms. The molecule has 0 aromatic heterocycles. The highest BCUT2D eigenvalue weighted by Gasteiger charge is 2.45. The topological polar surface area (TPSA) is 52.9 Å². The highest BCUT2D eigenvalue weighted by Crippen LogP contribution is 2.37. The Morgan fingerprint density at radius 2 is 1.16 bits per heavy atom. The molecule has 0 aliphatic carbocycles. The summed E-state index contributed by atoms with van der Waals surface area (Å²) in [5.74, 6) is 0. The van der Waals surface area contributed by atoms with Crippen molar-refractivity contribution < 1.29 is 15.1 Å². The molecule has 0 amide bonds. The van der Waals surface area contributed by atoms with Gasteiger partial charge in [0, 0.05) is 24.3 Å². The smallest absolute Gasteiger partial charge is 0.0611 e. The van der Waals surface area contributed by atoms with Crippen molar-refractivity contribution in [1.82, 2.24) is 5.06 Å². The normalized spacial score (nSPS) is 20.9. The van der Waals surface area contributed by atoms with Crippen molar-refractivity contribution in [2.45, 2.75) is 122 Å². The van der Waals surface area contributed by atoms with E-state index in [9.17, 15) is 5.21 Å². The lowest BCUT2D eigenvalue weighted by Gasteiger charge is -2.51. The lowest BCUT2D eigenvalue weighted by Crippen LogP contribution is -2.60. The van der Waals surface area contributed by atoms with Gasteiger partial charge in [0.05, 0.1) is 6.10 Å². The standard InChI is InChI=1S/C21H43NO3/c1-20(2)17-19(18-21(3,4)22(20)24)25-16-14-12-10-8-6-5-7-9-11-13-15-23/h19,23-24H,5-18H2,1-4H3. The Morgan fingerprint density at radius 1 is 0.760 bits per heavy atom. The van der Waals surface area contributed by atoms with Crippen LogP contribution in [0.25, 0.3) is 0 Å². The summed E-state index contributed by atoms with van der Waals surface area (Å²) < 4.78 is 6.13. The van der Waals surface area contributed by atoms with E-state index >= 15 is 0 Å². The molecule has 0 atom stereocenters. The van der Waals surface area contributed by atoms with Crippen LogP contribution in [0.15, 0.2) is 0 Å². The minimum Gasteiger partial charge on any atom is -0.396 e. The molecule has 4 heteroatoms. The van der Waals surface area contributed by atoms with Gasteiger partial charge >= 0.3 is 0 Å². The van der Waals surface area contributed by atoms with Gasteiger partial charge in [-0.05, 0) is 53.4 Å². The van der Waals surface area contributed by atoms with Crippen LogP contribution in [0.5, 0.6) is 0 Å². The summed E-state index contributed by atoms with van der Waals surface area (Å²) in [6.45, 7) is 9.56. The molecule has 0 aromatic rings. The van der Waals surface area contributed by atoms with Gasteiger partial charge in [-0.1, -0.05) is 51.4 Å². The second-order valence-corrected chi connectivity index (χ2v) is 9.10. The van der Waals surface area contributed by atoms with E-state index in [1.165, 1.54) is 56.4 Å². The number of aliphatic hydroxyl groups excluding tert-OH is 1. The van der Waals surface area contributed by atoms with Crippen LogP contribution in [0.1, 0.15) is 105 Å². The van der Waals surface area contributed by atoms with Crippen LogP contribution in [-0.2, 0) is 4.74 Å². The molecule has 1 aliphatic rings. The fraction of sp³-hybridized carbons (Fsp3) is 1.00. The Bertz CT molecular complexity index is 326. The van der Waals surface area contributed by atoms with E-state index < -0.39 is 0 Å². The SMILES string of the molecule is CC1(C)CC(OCCCCCCCCCCCCO)CC(C)(C)N1O. The maximum atomic E-state index is 10.3. The van der Waals surface area contributed by atoms with E-state index in [4.69, 9.17) is 9.84 Å². The van der Waals surface area contributed by atoms with Gasteiger partial charge in [-0.3, -0.25) is 0 Å². The summed E-state index contributed by atoms with van der Waals surface area (Å²) in [7, 11) is 0. The summed E-state index contributed by atoms with van der Waals surface area (Å²) >= 11 is 0. The van der Waals surface area contributed by atoms with Gasteiger partial charge in [0.25, 0.3) is 0 Å². The van der Waals surface area contributed by atoms with Gasteiger partial charge in [-0.2, -0.15) is 5.06 Å². The Hall–Kier alpha value is -0.160. The molecule has 0 unspecified atom stereocenters. The molecule has 2 N–H and O–H groups in total. The van der Waals surface area contributed by atoms with Crippen molar-refractivity contribution in [3.8, 4) is 0 Å². The van der Waals surface area contributed by atoms with E-state index in [2.05, 4.69) is 27.7 Å². The third-order valence-corrected chi connectivity index (χ3v) is 5.51. The Balaban J connectivity index is 2.00. The Kier molecular flexibility index (Phi) is 10.6. The molecule has 1 aliphatic heterocycles. The maximum absolute atomic E-state index is 10.3. The third-order valence-electron chi connectivity index (χ3n) is 5.51. The summed E-state index contributed by atoms with van der Waals surface area (Å²) in [6, 6.07) is 0. The third kappa shape index (κ3) is 8.85. The first kappa shape index (κ1) is 22.9. The number of unbranched alkanes of at least 4 members (excludes halogenated alkanes) is 9. The largest absolute Gasteiger partial charge is 0.396 e. The van der Waals surface area contributed by atoms with Gasteiger partial charge < -0.3 is 15.1 Å². The van der Waals surface area contributed by atoms with Crippen LogP contribution in [0.2, 0.25) is 0 Å². The number of hydrogen-bond donors (Lipinski definition) is 2. The number of hydrogen-bond acceptors (Lipinski definition) is 4. The van der Waals surface area contributed by atoms with E-state index in [1.54, 1.807) is 0 Å². The highest BCUT2D eigenvalue weighted by atomic mass is 16.5. The van der Waals surface area contributed by atoms with Gasteiger partial charge in [0.1, 0.15) is 0 Å². The van der Waals surface area contributed by atoms with Crippen LogP contribution < -0.4 is 0 Å². The second-order valence-electron chi connectivity index (χ2n) is 9.10. The molecular weight excluding hydrogens is 314 g/mol. The first-order valence-corrected chi connectivity index (χ1v) is 10.5. The van der Waals surface area contributed by atoms with Crippen LogP contribution >= 0.6 is 0 Å². The molecule has 150 valence electrons. The highest BCUT2D eigenvalue weighted by molar-refractivity contribution is 4.96. The van der Waals surface area contributed by atoms with Crippen LogP contribution in [-0.4, -0.2) is 45.8 Å². The van der Waals surface area contributed by atoms with Crippen molar-refractivity contribution in [2.24, 2.45) is 0 Å². The van der Waals surface area contributed by atoms with Crippen LogP contribution in [0.4, 0.5) is 0 Å². The summed E-state index contributed by atoms with van der Waals surface area (Å²) in [5.41, 5.74) is -0.437. The predicted octanol–water partition coefficient (Wildman–Crippen LogP) is 5.31. The molecule has 1 heterocycles. The van der Waals surface area contributed by atoms with Gasteiger partial charge in [-0.15, -0.1) is 0 Å². The van der Waals surface area contributed by atoms with E-state index in [0.29, 0.717) is 6.61 Å². The minimum atomic E-state index is -0.219. The predicted molar refractivity (Wildman–Crippen MR) is 104 cm³/mol. The number of aliphatic hydroxyl groups is 1. The molecule has 0 radical (unpaired) electrons. The second kappa shape index (κ2) is 11.5. The molecule has 0 aromatic carbocycles. The van der Waals surface area contributed by atoms with E-state index in [0.717, 1.165) is 32.3 Å². The Labute approximate surface area is 155 Å². The zero-order valence-electron chi connectivity index (χ0n) is 17.2. The zero-order valence-corrected chi connectivity index (χ0v) is 17.2. The van der Waals surface area contributed by atoms with Gasteiger partial charge in [-0.25, -0.2) is 0 Å². The number of piperidine rings is 1. The lowest BCUT2D eigenvalue weighted by atomic mass is 9.80. The van der Waals surface area contributed by atoms with E-state index in [1.807, 2.05) is 0 Å². The fourth-order valence-electron chi connectivity index (χ4n) is 4.17.